The molecule has 0 aromatic carbocycles. The number of fused-ring (bicyclic) bond motifs is 1. The molecule has 1 N–H and O–H groups in total. The monoisotopic (exact) mass is 248 g/mol. The average Bonchev–Trinajstić information content (AvgIpc) is 2.85. The van der Waals surface area contributed by atoms with Crippen LogP contribution in [-0.2, 0) is 17.6 Å². The number of hydrogen-bond donors (Lipinski definition) is 1. The van der Waals surface area contributed by atoms with Crippen LogP contribution in [0.5, 0.6) is 0 Å². The van der Waals surface area contributed by atoms with E-state index < -0.39 is 0 Å². The summed E-state index contributed by atoms with van der Waals surface area (Å²) in [7, 11) is 0. The molecule has 0 unspecified atom stereocenters. The summed E-state index contributed by atoms with van der Waals surface area (Å²) >= 11 is 0. The van der Waals surface area contributed by atoms with Gasteiger partial charge in [-0.25, -0.2) is 4.98 Å². The zero-order valence-corrected chi connectivity index (χ0v) is 11.4. The Morgan fingerprint density at radius 3 is 3.00 bits per heavy atom. The van der Waals surface area contributed by atoms with Crippen LogP contribution in [0.25, 0.3) is 0 Å². The molecule has 0 saturated carbocycles. The number of nitrogens with one attached hydrogen (secondary N) is 1. The molecule has 1 aliphatic rings. The highest BCUT2D eigenvalue weighted by atomic mass is 16.5. The third-order valence-corrected chi connectivity index (χ3v) is 3.34. The van der Waals surface area contributed by atoms with Crippen molar-refractivity contribution in [2.75, 3.05) is 25.1 Å². The summed E-state index contributed by atoms with van der Waals surface area (Å²) in [6.07, 6.45) is 7.02. The van der Waals surface area contributed by atoms with Gasteiger partial charge in [0.25, 0.3) is 0 Å². The maximum atomic E-state index is 5.53. The van der Waals surface area contributed by atoms with E-state index >= 15 is 0 Å². The molecule has 1 aliphatic carbocycles. The molecule has 0 bridgehead atoms. The van der Waals surface area contributed by atoms with Gasteiger partial charge in [0.05, 0.1) is 0 Å². The molecule has 3 nitrogen and oxygen atoms in total. The van der Waals surface area contributed by atoms with Gasteiger partial charge >= 0.3 is 0 Å². The summed E-state index contributed by atoms with van der Waals surface area (Å²) in [5.41, 5.74) is 2.72. The summed E-state index contributed by atoms with van der Waals surface area (Å²) < 4.78 is 5.53. The Labute approximate surface area is 110 Å². The zero-order chi connectivity index (χ0) is 12.6. The number of nitrogens with zero attached hydrogens (tertiary/aromatic N) is 1. The van der Waals surface area contributed by atoms with E-state index in [0.29, 0.717) is 0 Å². The maximum Gasteiger partial charge on any atom is 0.126 e. The van der Waals surface area contributed by atoms with Gasteiger partial charge in [-0.1, -0.05) is 19.4 Å². The molecule has 0 atom stereocenters. The second kappa shape index (κ2) is 7.37. The Kier molecular flexibility index (Phi) is 5.46. The highest BCUT2D eigenvalue weighted by Crippen LogP contribution is 2.21. The Balaban J connectivity index is 1.62. The summed E-state index contributed by atoms with van der Waals surface area (Å²) in [6.45, 7) is 4.87. The molecule has 0 amide bonds. The molecule has 3 heteroatoms. The van der Waals surface area contributed by atoms with E-state index in [-0.39, 0.29) is 0 Å². The van der Waals surface area contributed by atoms with Gasteiger partial charge < -0.3 is 10.1 Å². The van der Waals surface area contributed by atoms with Crippen LogP contribution >= 0.6 is 0 Å². The molecule has 2 rings (SSSR count). The molecular weight excluding hydrogens is 224 g/mol. The van der Waals surface area contributed by atoms with Crippen LogP contribution in [0, 0.1) is 0 Å². The van der Waals surface area contributed by atoms with Crippen LogP contribution in [0.15, 0.2) is 12.1 Å². The summed E-state index contributed by atoms with van der Waals surface area (Å²) in [4.78, 5) is 4.65. The normalized spacial score (nSPS) is 13.6. The highest BCUT2D eigenvalue weighted by molar-refractivity contribution is 5.40. The van der Waals surface area contributed by atoms with Crippen molar-refractivity contribution in [2.24, 2.45) is 0 Å². The zero-order valence-electron chi connectivity index (χ0n) is 11.4. The smallest absolute Gasteiger partial charge is 0.126 e. The van der Waals surface area contributed by atoms with Crippen molar-refractivity contribution < 1.29 is 4.74 Å². The van der Waals surface area contributed by atoms with E-state index in [0.717, 1.165) is 38.4 Å². The Hall–Kier alpha value is -1.09. The number of unbranched alkanes of at least 4 members (excludes halogenated alkanes) is 1. The number of ether oxygens (including phenoxy) is 1. The number of rotatable bonds is 8. The molecule has 1 aromatic rings. The number of pyridine rings is 1. The summed E-state index contributed by atoms with van der Waals surface area (Å²) in [6, 6.07) is 4.32. The second-order valence-electron chi connectivity index (χ2n) is 4.90. The van der Waals surface area contributed by atoms with E-state index in [1.54, 1.807) is 0 Å². The first-order chi connectivity index (χ1) is 8.90. The number of anilines is 1. The third-order valence-electron chi connectivity index (χ3n) is 3.34. The van der Waals surface area contributed by atoms with Crippen LogP contribution in [-0.4, -0.2) is 24.7 Å². The Bertz CT molecular complexity index is 366. The highest BCUT2D eigenvalue weighted by Gasteiger charge is 2.11. The molecule has 0 fully saturated rings. The van der Waals surface area contributed by atoms with Gasteiger partial charge in [0.15, 0.2) is 0 Å². The quantitative estimate of drug-likeness (QED) is 0.717. The second-order valence-corrected chi connectivity index (χ2v) is 4.90. The van der Waals surface area contributed by atoms with Crippen molar-refractivity contribution in [1.82, 2.24) is 4.98 Å². The molecule has 0 radical (unpaired) electrons. The number of aryl methyl sites for hydroxylation is 2. The van der Waals surface area contributed by atoms with Crippen molar-refractivity contribution in [1.29, 1.82) is 0 Å². The fourth-order valence-corrected chi connectivity index (χ4v) is 2.26. The van der Waals surface area contributed by atoms with Crippen molar-refractivity contribution in [3.63, 3.8) is 0 Å². The standard InChI is InChI=1S/C15H24N2O/c1-2-3-11-18-12-5-10-16-15-9-8-13-6-4-7-14(13)17-15/h8-9H,2-7,10-12H2,1H3,(H,16,17). The molecule has 18 heavy (non-hydrogen) atoms. The lowest BCUT2D eigenvalue weighted by Gasteiger charge is -2.07. The van der Waals surface area contributed by atoms with Crippen LogP contribution in [0.1, 0.15) is 43.9 Å². The minimum atomic E-state index is 0.845. The first-order valence-corrected chi connectivity index (χ1v) is 7.20. The van der Waals surface area contributed by atoms with Gasteiger partial charge in [-0.15, -0.1) is 0 Å². The predicted molar refractivity (Wildman–Crippen MR) is 75.1 cm³/mol. The van der Waals surface area contributed by atoms with Crippen molar-refractivity contribution in [2.45, 2.75) is 45.4 Å². The van der Waals surface area contributed by atoms with Gasteiger partial charge in [-0.3, -0.25) is 0 Å². The van der Waals surface area contributed by atoms with E-state index in [1.807, 2.05) is 0 Å². The Morgan fingerprint density at radius 1 is 1.22 bits per heavy atom. The lowest BCUT2D eigenvalue weighted by atomic mass is 10.2. The van der Waals surface area contributed by atoms with Gasteiger partial charge in [-0.2, -0.15) is 0 Å². The van der Waals surface area contributed by atoms with Gasteiger partial charge in [-0.05, 0) is 43.7 Å². The van der Waals surface area contributed by atoms with Crippen LogP contribution in [0.4, 0.5) is 5.82 Å². The number of aromatic nitrogens is 1. The fourth-order valence-electron chi connectivity index (χ4n) is 2.26. The first-order valence-electron chi connectivity index (χ1n) is 7.20. The topological polar surface area (TPSA) is 34.1 Å². The van der Waals surface area contributed by atoms with Gasteiger partial charge in [0, 0.05) is 25.5 Å². The first kappa shape index (κ1) is 13.3. The molecule has 100 valence electrons. The van der Waals surface area contributed by atoms with Crippen LogP contribution < -0.4 is 5.32 Å². The lowest BCUT2D eigenvalue weighted by Crippen LogP contribution is -2.08. The number of hydrogen-bond acceptors (Lipinski definition) is 3. The minimum absolute atomic E-state index is 0.845. The summed E-state index contributed by atoms with van der Waals surface area (Å²) in [5, 5.41) is 3.37. The lowest BCUT2D eigenvalue weighted by molar-refractivity contribution is 0.131. The maximum absolute atomic E-state index is 5.53. The van der Waals surface area contributed by atoms with E-state index in [9.17, 15) is 0 Å². The molecule has 1 aromatic heterocycles. The van der Waals surface area contributed by atoms with Crippen molar-refractivity contribution in [3.8, 4) is 0 Å². The molecule has 0 saturated heterocycles. The summed E-state index contributed by atoms with van der Waals surface area (Å²) in [5.74, 6) is 1.02. The predicted octanol–water partition coefficient (Wildman–Crippen LogP) is 3.19. The molecule has 1 heterocycles. The largest absolute Gasteiger partial charge is 0.381 e. The van der Waals surface area contributed by atoms with E-state index in [1.165, 1.54) is 36.9 Å². The SMILES string of the molecule is CCCCOCCCNc1ccc2c(n1)CCC2. The van der Waals surface area contributed by atoms with Crippen LogP contribution in [0.2, 0.25) is 0 Å². The van der Waals surface area contributed by atoms with Gasteiger partial charge in [0.2, 0.25) is 0 Å². The van der Waals surface area contributed by atoms with Crippen molar-refractivity contribution >= 4 is 5.82 Å². The average molecular weight is 248 g/mol. The van der Waals surface area contributed by atoms with E-state index in [2.05, 4.69) is 29.4 Å². The molecular formula is C15H24N2O. The molecule has 0 aliphatic heterocycles. The minimum Gasteiger partial charge on any atom is -0.381 e. The molecule has 0 spiro atoms. The fraction of sp³-hybridized carbons (Fsp3) is 0.667. The van der Waals surface area contributed by atoms with Crippen molar-refractivity contribution in [3.05, 3.63) is 23.4 Å². The van der Waals surface area contributed by atoms with E-state index in [4.69, 9.17) is 4.74 Å². The Morgan fingerprint density at radius 2 is 2.11 bits per heavy atom. The third kappa shape index (κ3) is 3.98. The van der Waals surface area contributed by atoms with Crippen LogP contribution in [0.3, 0.4) is 0 Å². The van der Waals surface area contributed by atoms with Gasteiger partial charge in [0.1, 0.15) is 5.82 Å².